The molecule has 3 atom stereocenters. The summed E-state index contributed by atoms with van der Waals surface area (Å²) >= 11 is 0. The summed E-state index contributed by atoms with van der Waals surface area (Å²) in [5.41, 5.74) is 2.96. The number of hydrazine groups is 1. The lowest BCUT2D eigenvalue weighted by molar-refractivity contribution is 0.211. The molecule has 0 aromatic heterocycles. The lowest BCUT2D eigenvalue weighted by Crippen LogP contribution is -2.45. The van der Waals surface area contributed by atoms with Crippen molar-refractivity contribution in [3.8, 4) is 0 Å². The Bertz CT molecular complexity index is 395. The Labute approximate surface area is 116 Å². The van der Waals surface area contributed by atoms with Gasteiger partial charge in [0, 0.05) is 19.1 Å². The van der Waals surface area contributed by atoms with Gasteiger partial charge in [0.1, 0.15) is 0 Å². The molecule has 0 amide bonds. The Kier molecular flexibility index (Phi) is 4.87. The molecule has 1 saturated carbocycles. The van der Waals surface area contributed by atoms with E-state index >= 15 is 0 Å². The van der Waals surface area contributed by atoms with Gasteiger partial charge in [0.05, 0.1) is 6.26 Å². The van der Waals surface area contributed by atoms with E-state index < -0.39 is 10.0 Å². The van der Waals surface area contributed by atoms with Gasteiger partial charge >= 0.3 is 0 Å². The summed E-state index contributed by atoms with van der Waals surface area (Å²) in [6.45, 7) is 3.60. The first-order valence-corrected chi connectivity index (χ1v) is 9.18. The summed E-state index contributed by atoms with van der Waals surface area (Å²) in [6, 6.07) is 0.317. The highest BCUT2D eigenvalue weighted by Gasteiger charge is 2.35. The molecule has 19 heavy (non-hydrogen) atoms. The van der Waals surface area contributed by atoms with Crippen LogP contribution in [0.2, 0.25) is 0 Å². The molecule has 1 aliphatic heterocycles. The summed E-state index contributed by atoms with van der Waals surface area (Å²) in [7, 11) is -3.04. The molecule has 2 rings (SSSR count). The lowest BCUT2D eigenvalue weighted by atomic mass is 9.86. The second-order valence-electron chi connectivity index (χ2n) is 6.33. The number of hydrogen-bond acceptors (Lipinski definition) is 4. The van der Waals surface area contributed by atoms with Crippen molar-refractivity contribution in [1.82, 2.24) is 9.73 Å². The van der Waals surface area contributed by atoms with E-state index in [0.717, 1.165) is 25.2 Å². The largest absolute Gasteiger partial charge is 0.271 e. The van der Waals surface area contributed by atoms with Gasteiger partial charge in [-0.15, -0.1) is 0 Å². The van der Waals surface area contributed by atoms with Crippen LogP contribution in [0.25, 0.3) is 0 Å². The summed E-state index contributed by atoms with van der Waals surface area (Å²) in [5, 5.41) is 0. The van der Waals surface area contributed by atoms with Gasteiger partial charge in [-0.05, 0) is 49.9 Å². The molecule has 5 nitrogen and oxygen atoms in total. The number of nitrogens with two attached hydrogens (primary N) is 1. The van der Waals surface area contributed by atoms with Crippen LogP contribution in [0, 0.1) is 17.8 Å². The molecule has 0 bridgehead atoms. The fourth-order valence-corrected chi connectivity index (χ4v) is 4.21. The molecule has 0 aromatic carbocycles. The Morgan fingerprint density at radius 1 is 1.37 bits per heavy atom. The van der Waals surface area contributed by atoms with Crippen LogP contribution in [-0.4, -0.2) is 38.1 Å². The minimum atomic E-state index is -3.04. The molecule has 1 heterocycles. The smallest absolute Gasteiger partial charge is 0.211 e. The molecular weight excluding hydrogens is 262 g/mol. The molecule has 0 spiro atoms. The number of nitrogens with one attached hydrogen (secondary N) is 1. The van der Waals surface area contributed by atoms with Gasteiger partial charge in [0.15, 0.2) is 0 Å². The molecule has 2 fully saturated rings. The maximum absolute atomic E-state index is 11.6. The third-order valence-corrected chi connectivity index (χ3v) is 6.02. The summed E-state index contributed by atoms with van der Waals surface area (Å²) < 4.78 is 24.9. The Morgan fingerprint density at radius 3 is 2.58 bits per heavy atom. The van der Waals surface area contributed by atoms with E-state index in [1.54, 1.807) is 4.31 Å². The Morgan fingerprint density at radius 2 is 2.05 bits per heavy atom. The standard InChI is InChI=1S/C13H27N3O2S/c1-10(12-5-6-12)13(15-14)8-11-4-3-7-16(9-11)19(2,17)18/h10-13,15H,3-9,14H2,1-2H3. The number of nitrogens with zero attached hydrogens (tertiary/aromatic N) is 1. The fraction of sp³-hybridized carbons (Fsp3) is 1.00. The molecule has 112 valence electrons. The average molecular weight is 289 g/mol. The summed E-state index contributed by atoms with van der Waals surface area (Å²) in [5.74, 6) is 7.54. The van der Waals surface area contributed by atoms with Crippen molar-refractivity contribution >= 4 is 10.0 Å². The predicted molar refractivity (Wildman–Crippen MR) is 76.8 cm³/mol. The van der Waals surface area contributed by atoms with Gasteiger partial charge in [-0.25, -0.2) is 12.7 Å². The number of hydrogen-bond donors (Lipinski definition) is 2. The van der Waals surface area contributed by atoms with Crippen molar-refractivity contribution in [2.24, 2.45) is 23.6 Å². The minimum absolute atomic E-state index is 0.317. The highest BCUT2D eigenvalue weighted by atomic mass is 32.2. The van der Waals surface area contributed by atoms with Gasteiger partial charge in [0.2, 0.25) is 10.0 Å². The third-order valence-electron chi connectivity index (χ3n) is 4.75. The zero-order chi connectivity index (χ0) is 14.0. The highest BCUT2D eigenvalue weighted by molar-refractivity contribution is 7.88. The lowest BCUT2D eigenvalue weighted by Gasteiger charge is -2.34. The van der Waals surface area contributed by atoms with Crippen LogP contribution in [0.1, 0.15) is 39.0 Å². The third kappa shape index (κ3) is 4.15. The molecule has 1 aliphatic carbocycles. The van der Waals surface area contributed by atoms with Gasteiger partial charge in [0.25, 0.3) is 0 Å². The van der Waals surface area contributed by atoms with Crippen molar-refractivity contribution in [2.45, 2.75) is 45.1 Å². The van der Waals surface area contributed by atoms with E-state index in [1.807, 2.05) is 0 Å². The molecular formula is C13H27N3O2S. The summed E-state index contributed by atoms with van der Waals surface area (Å²) in [4.78, 5) is 0. The van der Waals surface area contributed by atoms with E-state index in [-0.39, 0.29) is 0 Å². The van der Waals surface area contributed by atoms with Crippen molar-refractivity contribution in [1.29, 1.82) is 0 Å². The second kappa shape index (κ2) is 6.08. The zero-order valence-corrected chi connectivity index (χ0v) is 12.8. The summed E-state index contributed by atoms with van der Waals surface area (Å²) in [6.07, 6.45) is 7.01. The molecule has 3 N–H and O–H groups in total. The Balaban J connectivity index is 1.90. The van der Waals surface area contributed by atoms with E-state index in [9.17, 15) is 8.42 Å². The fourth-order valence-electron chi connectivity index (χ4n) is 3.26. The number of rotatable bonds is 6. The zero-order valence-electron chi connectivity index (χ0n) is 12.0. The Hall–Kier alpha value is -0.170. The predicted octanol–water partition coefficient (Wildman–Crippen LogP) is 0.926. The molecule has 0 radical (unpaired) electrons. The number of sulfonamides is 1. The minimum Gasteiger partial charge on any atom is -0.271 e. The SMILES string of the molecule is CC(C1CC1)C(CC1CCCN(S(C)(=O)=O)C1)NN. The van der Waals surface area contributed by atoms with E-state index in [4.69, 9.17) is 5.84 Å². The van der Waals surface area contributed by atoms with Crippen molar-refractivity contribution < 1.29 is 8.42 Å². The van der Waals surface area contributed by atoms with Crippen LogP contribution in [0.5, 0.6) is 0 Å². The first-order valence-electron chi connectivity index (χ1n) is 7.33. The van der Waals surface area contributed by atoms with Crippen molar-refractivity contribution in [2.75, 3.05) is 19.3 Å². The molecule has 6 heteroatoms. The maximum Gasteiger partial charge on any atom is 0.211 e. The molecule has 0 aromatic rings. The van der Waals surface area contributed by atoms with E-state index in [2.05, 4.69) is 12.3 Å². The van der Waals surface area contributed by atoms with Crippen LogP contribution >= 0.6 is 0 Å². The number of piperidine rings is 1. The molecule has 2 aliphatic rings. The highest BCUT2D eigenvalue weighted by Crippen LogP contribution is 2.39. The first kappa shape index (κ1) is 15.2. The van der Waals surface area contributed by atoms with E-state index in [1.165, 1.54) is 19.1 Å². The normalized spacial score (nSPS) is 29.1. The van der Waals surface area contributed by atoms with Crippen LogP contribution in [0.15, 0.2) is 0 Å². The van der Waals surface area contributed by atoms with Crippen LogP contribution in [0.3, 0.4) is 0 Å². The molecule has 1 saturated heterocycles. The monoisotopic (exact) mass is 289 g/mol. The molecule has 3 unspecified atom stereocenters. The van der Waals surface area contributed by atoms with E-state index in [0.29, 0.717) is 31.0 Å². The van der Waals surface area contributed by atoms with Crippen molar-refractivity contribution in [3.63, 3.8) is 0 Å². The van der Waals surface area contributed by atoms with Crippen LogP contribution < -0.4 is 11.3 Å². The van der Waals surface area contributed by atoms with Crippen LogP contribution in [-0.2, 0) is 10.0 Å². The second-order valence-corrected chi connectivity index (χ2v) is 8.32. The van der Waals surface area contributed by atoms with Gasteiger partial charge in [-0.3, -0.25) is 11.3 Å². The average Bonchev–Trinajstić information content (AvgIpc) is 3.18. The first-order chi connectivity index (χ1) is 8.91. The van der Waals surface area contributed by atoms with Crippen LogP contribution in [0.4, 0.5) is 0 Å². The van der Waals surface area contributed by atoms with Gasteiger partial charge in [-0.2, -0.15) is 0 Å². The maximum atomic E-state index is 11.6. The van der Waals surface area contributed by atoms with Gasteiger partial charge in [-0.1, -0.05) is 6.92 Å². The quantitative estimate of drug-likeness (QED) is 0.563. The topological polar surface area (TPSA) is 75.4 Å². The van der Waals surface area contributed by atoms with Crippen molar-refractivity contribution in [3.05, 3.63) is 0 Å². The van der Waals surface area contributed by atoms with Gasteiger partial charge < -0.3 is 0 Å².